The first-order valence-corrected chi connectivity index (χ1v) is 24.4. The first kappa shape index (κ1) is 40.1. The molecular weight excluding hydrogens is 845 g/mol. The molecule has 0 aliphatic heterocycles. The molecule has 14 rings (SSSR count). The minimum Gasteiger partial charge on any atom is -0.310 e. The average molecular weight is 891 g/mol. The highest BCUT2D eigenvalue weighted by Crippen LogP contribution is 2.50. The number of nitrogens with zero attached hydrogens (tertiary/aromatic N) is 2. The summed E-state index contributed by atoms with van der Waals surface area (Å²) < 4.78 is 0. The Labute approximate surface area is 408 Å². The molecule has 0 bridgehead atoms. The fraction of sp³-hybridized carbons (Fsp3) is 0.0294. The second-order valence-corrected chi connectivity index (χ2v) is 18.7. The molecule has 70 heavy (non-hydrogen) atoms. The minimum atomic E-state index is 0.903. The molecule has 2 aliphatic rings. The van der Waals surface area contributed by atoms with E-state index in [0.717, 1.165) is 24.2 Å². The van der Waals surface area contributed by atoms with Crippen LogP contribution in [-0.4, -0.2) is 0 Å². The number of hydrogen-bond acceptors (Lipinski definition) is 2. The molecule has 0 saturated carbocycles. The lowest BCUT2D eigenvalue weighted by atomic mass is 9.89. The fourth-order valence-electron chi connectivity index (χ4n) is 11.7. The Bertz CT molecular complexity index is 4000. The third-order valence-corrected chi connectivity index (χ3v) is 14.9. The smallest absolute Gasteiger partial charge is 0.0540 e. The second-order valence-electron chi connectivity index (χ2n) is 18.7. The number of benzene rings is 12. The lowest BCUT2D eigenvalue weighted by Gasteiger charge is -2.29. The first-order chi connectivity index (χ1) is 34.7. The van der Waals surface area contributed by atoms with Crippen molar-refractivity contribution in [2.24, 2.45) is 0 Å². The fourth-order valence-corrected chi connectivity index (χ4v) is 11.7. The highest BCUT2D eigenvalue weighted by atomic mass is 15.2. The van der Waals surface area contributed by atoms with Gasteiger partial charge in [0.05, 0.1) is 22.7 Å². The van der Waals surface area contributed by atoms with Gasteiger partial charge in [-0.25, -0.2) is 0 Å². The van der Waals surface area contributed by atoms with Crippen LogP contribution in [0.3, 0.4) is 0 Å². The van der Waals surface area contributed by atoms with Crippen LogP contribution in [0.15, 0.2) is 255 Å². The van der Waals surface area contributed by atoms with E-state index in [-0.39, 0.29) is 0 Å². The summed E-state index contributed by atoms with van der Waals surface area (Å²) in [4.78, 5) is 4.97. The van der Waals surface area contributed by atoms with Gasteiger partial charge in [-0.1, -0.05) is 206 Å². The Morgan fingerprint density at radius 3 is 1.16 bits per heavy atom. The maximum Gasteiger partial charge on any atom is 0.0540 e. The van der Waals surface area contributed by atoms with Gasteiger partial charge in [0.15, 0.2) is 0 Å². The molecule has 0 N–H and O–H groups in total. The standard InChI is InChI=1S/C68H46N2/c1-8-24-56-45(15-1)20-11-29-64(56)69(66-31-13-27-60-54-22-6-4-18-50(54)43-62(60)66)52-38-33-48(34-39-52)59-42-37-47-17-3-10-26-58(47)68(59)49-35-40-53(41-36-49)70(65-30-12-21-46-16-2-9-25-57(46)65)67-32-14-28-61-55-23-7-5-19-51(55)44-63(61)67/h1-42H,43-44H2. The Hall–Kier alpha value is -8.98. The van der Waals surface area contributed by atoms with E-state index in [1.165, 1.54) is 122 Å². The van der Waals surface area contributed by atoms with E-state index >= 15 is 0 Å². The summed E-state index contributed by atoms with van der Waals surface area (Å²) in [6.45, 7) is 0. The maximum atomic E-state index is 2.49. The molecule has 0 saturated heterocycles. The normalized spacial score (nSPS) is 12.2. The lowest BCUT2D eigenvalue weighted by Crippen LogP contribution is -2.12. The molecule has 0 radical (unpaired) electrons. The molecule has 2 aliphatic carbocycles. The van der Waals surface area contributed by atoms with Crippen LogP contribution in [0.25, 0.3) is 76.8 Å². The summed E-state index contributed by atoms with van der Waals surface area (Å²) in [6, 6.07) is 94.3. The highest BCUT2D eigenvalue weighted by Gasteiger charge is 2.28. The van der Waals surface area contributed by atoms with E-state index < -0.39 is 0 Å². The van der Waals surface area contributed by atoms with Crippen molar-refractivity contribution >= 4 is 66.4 Å². The monoisotopic (exact) mass is 890 g/mol. The van der Waals surface area contributed by atoms with E-state index in [0.29, 0.717) is 0 Å². The van der Waals surface area contributed by atoms with E-state index in [9.17, 15) is 0 Å². The Balaban J connectivity index is 0.897. The maximum absolute atomic E-state index is 2.49. The van der Waals surface area contributed by atoms with Crippen LogP contribution in [-0.2, 0) is 12.8 Å². The minimum absolute atomic E-state index is 0.903. The van der Waals surface area contributed by atoms with Crippen LogP contribution in [0.1, 0.15) is 22.3 Å². The van der Waals surface area contributed by atoms with Crippen LogP contribution in [0.5, 0.6) is 0 Å². The van der Waals surface area contributed by atoms with Gasteiger partial charge in [-0.2, -0.15) is 0 Å². The third-order valence-electron chi connectivity index (χ3n) is 14.9. The summed E-state index contributed by atoms with van der Waals surface area (Å²) in [5, 5.41) is 7.36. The topological polar surface area (TPSA) is 6.48 Å². The van der Waals surface area contributed by atoms with Gasteiger partial charge in [-0.3, -0.25) is 0 Å². The van der Waals surface area contributed by atoms with E-state index in [1.54, 1.807) is 0 Å². The number of fused-ring (bicyclic) bond motifs is 9. The molecule has 0 fully saturated rings. The van der Waals surface area contributed by atoms with Crippen molar-refractivity contribution in [3.05, 3.63) is 277 Å². The largest absolute Gasteiger partial charge is 0.310 e. The highest BCUT2D eigenvalue weighted by molar-refractivity contribution is 6.06. The summed E-state index contributed by atoms with van der Waals surface area (Å²) in [5.41, 5.74) is 22.6. The number of hydrogen-bond donors (Lipinski definition) is 0. The van der Waals surface area contributed by atoms with Crippen molar-refractivity contribution in [2.75, 3.05) is 9.80 Å². The third kappa shape index (κ3) is 6.49. The van der Waals surface area contributed by atoms with Gasteiger partial charge < -0.3 is 9.80 Å². The van der Waals surface area contributed by atoms with Crippen LogP contribution in [0, 0.1) is 0 Å². The van der Waals surface area contributed by atoms with Gasteiger partial charge in [-0.15, -0.1) is 0 Å². The Morgan fingerprint density at radius 1 is 0.243 bits per heavy atom. The van der Waals surface area contributed by atoms with Crippen LogP contribution >= 0.6 is 0 Å². The lowest BCUT2D eigenvalue weighted by molar-refractivity contribution is 1.20. The van der Waals surface area contributed by atoms with E-state index in [4.69, 9.17) is 0 Å². The van der Waals surface area contributed by atoms with E-state index in [1.807, 2.05) is 0 Å². The van der Waals surface area contributed by atoms with Gasteiger partial charge in [0, 0.05) is 35.0 Å². The predicted octanol–water partition coefficient (Wildman–Crippen LogP) is 18.6. The molecule has 0 unspecified atom stereocenters. The molecule has 2 nitrogen and oxygen atoms in total. The van der Waals surface area contributed by atoms with Gasteiger partial charge >= 0.3 is 0 Å². The molecule has 12 aromatic rings. The zero-order valence-electron chi connectivity index (χ0n) is 38.6. The zero-order chi connectivity index (χ0) is 46.1. The van der Waals surface area contributed by atoms with Crippen molar-refractivity contribution in [3.63, 3.8) is 0 Å². The number of anilines is 6. The SMILES string of the molecule is c1ccc2c(c1)Cc1c-2cccc1N(c1ccc(-c2ccc3ccccc3c2-c2ccc(N(c3cccc4c3Cc3ccccc3-4)c3cccc4ccccc34)cc2)cc1)c1cccc2ccccc12. The molecule has 2 heteroatoms. The molecule has 0 heterocycles. The van der Waals surface area contributed by atoms with Crippen molar-refractivity contribution in [2.45, 2.75) is 12.8 Å². The van der Waals surface area contributed by atoms with Crippen LogP contribution in [0.4, 0.5) is 34.1 Å². The molecule has 0 spiro atoms. The molecule has 328 valence electrons. The summed E-state index contributed by atoms with van der Waals surface area (Å²) >= 11 is 0. The predicted molar refractivity (Wildman–Crippen MR) is 296 cm³/mol. The van der Waals surface area contributed by atoms with Crippen molar-refractivity contribution in [1.82, 2.24) is 0 Å². The number of rotatable bonds is 8. The first-order valence-electron chi connectivity index (χ1n) is 24.4. The van der Waals surface area contributed by atoms with Gasteiger partial charge in [0.2, 0.25) is 0 Å². The summed E-state index contributed by atoms with van der Waals surface area (Å²) in [5.74, 6) is 0. The average Bonchev–Trinajstić information content (AvgIpc) is 4.01. The van der Waals surface area contributed by atoms with Crippen molar-refractivity contribution in [1.29, 1.82) is 0 Å². The zero-order valence-corrected chi connectivity index (χ0v) is 38.6. The van der Waals surface area contributed by atoms with Crippen LogP contribution < -0.4 is 9.80 Å². The van der Waals surface area contributed by atoms with Gasteiger partial charge in [0.25, 0.3) is 0 Å². The summed E-state index contributed by atoms with van der Waals surface area (Å²) in [6.07, 6.45) is 1.81. The molecule has 0 aromatic heterocycles. The molecule has 12 aromatic carbocycles. The molecular formula is C68H46N2. The van der Waals surface area contributed by atoms with Gasteiger partial charge in [-0.05, 0) is 137 Å². The quantitative estimate of drug-likeness (QED) is 0.150. The van der Waals surface area contributed by atoms with Gasteiger partial charge in [0.1, 0.15) is 0 Å². The van der Waals surface area contributed by atoms with Crippen LogP contribution in [0.2, 0.25) is 0 Å². The molecule has 0 atom stereocenters. The van der Waals surface area contributed by atoms with Crippen molar-refractivity contribution in [3.8, 4) is 44.5 Å². The second kappa shape index (κ2) is 16.4. The summed E-state index contributed by atoms with van der Waals surface area (Å²) in [7, 11) is 0. The molecule has 0 amide bonds. The Kier molecular flexibility index (Phi) is 9.38. The Morgan fingerprint density at radius 2 is 0.629 bits per heavy atom. The van der Waals surface area contributed by atoms with E-state index in [2.05, 4.69) is 265 Å². The van der Waals surface area contributed by atoms with Crippen molar-refractivity contribution < 1.29 is 0 Å².